The van der Waals surface area contributed by atoms with Gasteiger partial charge in [-0.15, -0.1) is 0 Å². The SMILES string of the molecule is CCn1nc(C)n(-c2ccc(OC[C@@H]3CO[C@@](Cn4ccnc4)(c4ccc(Cl)cc4Cl)O3)cc2)c1=O. The standard InChI is InChI=1S/C25H25Cl2N5O4/c1-3-31-24(33)32(17(2)29-31)19-5-7-20(8-6-19)34-13-21-14-35-25(36-21,15-30-11-10-28-16-30)22-9-4-18(26)12-23(22)27/h4-12,16,21H,3,13-15H2,1-2H3/t21-,25-/m1/s1. The van der Waals surface area contributed by atoms with Crippen LogP contribution in [0.2, 0.25) is 10.0 Å². The summed E-state index contributed by atoms with van der Waals surface area (Å²) >= 11 is 12.6. The maximum absolute atomic E-state index is 12.5. The van der Waals surface area contributed by atoms with Gasteiger partial charge in [0.2, 0.25) is 5.79 Å². The normalized spacial score (nSPS) is 19.6. The lowest BCUT2D eigenvalue weighted by molar-refractivity contribution is -0.189. The number of halogens is 2. The zero-order valence-corrected chi connectivity index (χ0v) is 21.3. The first-order chi connectivity index (χ1) is 17.4. The number of ether oxygens (including phenoxy) is 3. The van der Waals surface area contributed by atoms with E-state index in [0.29, 0.717) is 46.9 Å². The number of hydrogen-bond acceptors (Lipinski definition) is 6. The fourth-order valence-electron chi connectivity index (χ4n) is 4.28. The summed E-state index contributed by atoms with van der Waals surface area (Å²) in [4.78, 5) is 16.6. The molecule has 0 bridgehead atoms. The van der Waals surface area contributed by atoms with Crippen LogP contribution >= 0.6 is 23.2 Å². The molecular formula is C25H25Cl2N5O4. The second-order valence-corrected chi connectivity index (χ2v) is 9.29. The summed E-state index contributed by atoms with van der Waals surface area (Å²) in [6, 6.07) is 12.5. The van der Waals surface area contributed by atoms with Crippen LogP contribution in [0.3, 0.4) is 0 Å². The first-order valence-electron chi connectivity index (χ1n) is 11.5. The van der Waals surface area contributed by atoms with E-state index in [2.05, 4.69) is 10.1 Å². The molecule has 0 N–H and O–H groups in total. The van der Waals surface area contributed by atoms with E-state index in [1.54, 1.807) is 36.1 Å². The van der Waals surface area contributed by atoms with Crippen LogP contribution in [-0.2, 0) is 28.4 Å². The number of nitrogens with zero attached hydrogens (tertiary/aromatic N) is 5. The summed E-state index contributed by atoms with van der Waals surface area (Å²) < 4.78 is 23.5. The van der Waals surface area contributed by atoms with E-state index >= 15 is 0 Å². The minimum absolute atomic E-state index is 0.171. The third kappa shape index (κ3) is 4.79. The van der Waals surface area contributed by atoms with Crippen molar-refractivity contribution in [1.82, 2.24) is 23.9 Å². The van der Waals surface area contributed by atoms with Gasteiger partial charge in [0.1, 0.15) is 24.3 Å². The number of hydrogen-bond donors (Lipinski definition) is 0. The molecule has 0 radical (unpaired) electrons. The molecule has 36 heavy (non-hydrogen) atoms. The molecule has 9 nitrogen and oxygen atoms in total. The molecule has 1 fully saturated rings. The first-order valence-corrected chi connectivity index (χ1v) is 12.3. The predicted molar refractivity (Wildman–Crippen MR) is 135 cm³/mol. The molecule has 0 aliphatic carbocycles. The van der Waals surface area contributed by atoms with Crippen molar-refractivity contribution in [3.05, 3.63) is 93.1 Å². The largest absolute Gasteiger partial charge is 0.491 e. The Morgan fingerprint density at radius 2 is 2.00 bits per heavy atom. The van der Waals surface area contributed by atoms with E-state index in [0.717, 1.165) is 5.69 Å². The first kappa shape index (κ1) is 24.6. The number of aryl methyl sites for hydroxylation is 2. The van der Waals surface area contributed by atoms with Crippen molar-refractivity contribution >= 4 is 23.2 Å². The third-order valence-corrected chi connectivity index (χ3v) is 6.53. The topological polar surface area (TPSA) is 85.3 Å². The molecule has 2 atom stereocenters. The Morgan fingerprint density at radius 3 is 2.67 bits per heavy atom. The molecule has 1 saturated heterocycles. The van der Waals surface area contributed by atoms with Gasteiger partial charge in [-0.2, -0.15) is 5.10 Å². The highest BCUT2D eigenvalue weighted by Crippen LogP contribution is 2.40. The summed E-state index contributed by atoms with van der Waals surface area (Å²) in [5, 5.41) is 5.26. The number of aromatic nitrogens is 5. The van der Waals surface area contributed by atoms with Gasteiger partial charge in [-0.1, -0.05) is 29.3 Å². The summed E-state index contributed by atoms with van der Waals surface area (Å²) in [6.45, 7) is 5.15. The average Bonchev–Trinajstić information content (AvgIpc) is 3.58. The van der Waals surface area contributed by atoms with Crippen LogP contribution in [0.15, 0.2) is 66.0 Å². The Bertz CT molecular complexity index is 1400. The molecule has 4 aromatic rings. The quantitative estimate of drug-likeness (QED) is 0.339. The van der Waals surface area contributed by atoms with Crippen LogP contribution in [0.25, 0.3) is 5.69 Å². The number of benzene rings is 2. The highest BCUT2D eigenvalue weighted by molar-refractivity contribution is 6.35. The minimum Gasteiger partial charge on any atom is -0.491 e. The molecule has 1 aliphatic rings. The second-order valence-electron chi connectivity index (χ2n) is 8.45. The van der Waals surface area contributed by atoms with Crippen molar-refractivity contribution in [1.29, 1.82) is 0 Å². The lowest BCUT2D eigenvalue weighted by Crippen LogP contribution is -2.34. The zero-order valence-electron chi connectivity index (χ0n) is 19.8. The predicted octanol–water partition coefficient (Wildman–Crippen LogP) is 4.21. The van der Waals surface area contributed by atoms with Crippen molar-refractivity contribution in [3.63, 3.8) is 0 Å². The van der Waals surface area contributed by atoms with Gasteiger partial charge in [-0.3, -0.25) is 0 Å². The van der Waals surface area contributed by atoms with Gasteiger partial charge < -0.3 is 18.8 Å². The molecule has 0 spiro atoms. The molecule has 188 valence electrons. The van der Waals surface area contributed by atoms with E-state index in [9.17, 15) is 4.79 Å². The van der Waals surface area contributed by atoms with Crippen LogP contribution in [0.5, 0.6) is 5.75 Å². The fourth-order valence-corrected chi connectivity index (χ4v) is 4.83. The van der Waals surface area contributed by atoms with Gasteiger partial charge in [0, 0.05) is 29.5 Å². The zero-order chi connectivity index (χ0) is 25.3. The Balaban J connectivity index is 1.30. The van der Waals surface area contributed by atoms with E-state index in [4.69, 9.17) is 37.4 Å². The molecular weight excluding hydrogens is 505 g/mol. The number of rotatable bonds is 8. The van der Waals surface area contributed by atoms with Crippen molar-refractivity contribution in [2.24, 2.45) is 0 Å². The van der Waals surface area contributed by atoms with E-state index < -0.39 is 5.79 Å². The maximum atomic E-state index is 12.5. The molecule has 0 amide bonds. The average molecular weight is 530 g/mol. The van der Waals surface area contributed by atoms with Crippen molar-refractivity contribution in [2.45, 2.75) is 38.8 Å². The van der Waals surface area contributed by atoms with Crippen LogP contribution in [0.1, 0.15) is 18.3 Å². The Morgan fingerprint density at radius 1 is 1.19 bits per heavy atom. The third-order valence-electron chi connectivity index (χ3n) is 5.98. The maximum Gasteiger partial charge on any atom is 0.350 e. The Kier molecular flexibility index (Phi) is 6.90. The van der Waals surface area contributed by atoms with Crippen LogP contribution in [-0.4, -0.2) is 43.2 Å². The Hall–Kier alpha value is -3.11. The molecule has 1 aliphatic heterocycles. The summed E-state index contributed by atoms with van der Waals surface area (Å²) in [5.41, 5.74) is 1.24. The molecule has 2 aromatic heterocycles. The summed E-state index contributed by atoms with van der Waals surface area (Å²) in [5.74, 6) is 0.160. The molecule has 5 rings (SSSR count). The molecule has 0 saturated carbocycles. The van der Waals surface area contributed by atoms with Crippen LogP contribution in [0.4, 0.5) is 0 Å². The van der Waals surface area contributed by atoms with Crippen LogP contribution in [0, 0.1) is 6.92 Å². The molecule has 3 heterocycles. The lowest BCUT2D eigenvalue weighted by Gasteiger charge is -2.30. The molecule has 0 unspecified atom stereocenters. The molecule has 11 heteroatoms. The summed E-state index contributed by atoms with van der Waals surface area (Å²) in [7, 11) is 0. The molecule has 2 aromatic carbocycles. The van der Waals surface area contributed by atoms with E-state index in [1.807, 2.05) is 48.0 Å². The van der Waals surface area contributed by atoms with E-state index in [1.165, 1.54) is 4.68 Å². The summed E-state index contributed by atoms with van der Waals surface area (Å²) in [6.07, 6.45) is 4.88. The van der Waals surface area contributed by atoms with Gasteiger partial charge >= 0.3 is 5.69 Å². The van der Waals surface area contributed by atoms with Gasteiger partial charge in [0.25, 0.3) is 0 Å². The van der Waals surface area contributed by atoms with Crippen molar-refractivity contribution in [2.75, 3.05) is 13.2 Å². The van der Waals surface area contributed by atoms with Gasteiger partial charge in [-0.05, 0) is 50.2 Å². The second kappa shape index (κ2) is 10.1. The number of imidazole rings is 1. The van der Waals surface area contributed by atoms with Crippen molar-refractivity contribution < 1.29 is 14.2 Å². The van der Waals surface area contributed by atoms with Crippen LogP contribution < -0.4 is 10.4 Å². The highest BCUT2D eigenvalue weighted by Gasteiger charge is 2.45. The van der Waals surface area contributed by atoms with Gasteiger partial charge in [0.15, 0.2) is 0 Å². The smallest absolute Gasteiger partial charge is 0.350 e. The van der Waals surface area contributed by atoms with Crippen molar-refractivity contribution in [3.8, 4) is 11.4 Å². The fraction of sp³-hybridized carbons (Fsp3) is 0.320. The van der Waals surface area contributed by atoms with Gasteiger partial charge in [-0.25, -0.2) is 19.0 Å². The lowest BCUT2D eigenvalue weighted by atomic mass is 10.1. The van der Waals surface area contributed by atoms with Gasteiger partial charge in [0.05, 0.1) is 30.2 Å². The minimum atomic E-state index is -1.11. The highest BCUT2D eigenvalue weighted by atomic mass is 35.5. The monoisotopic (exact) mass is 529 g/mol. The van der Waals surface area contributed by atoms with E-state index in [-0.39, 0.29) is 18.4 Å². The Labute approximate surface area is 217 Å².